The third kappa shape index (κ3) is 3.20. The number of aryl methyl sites for hydroxylation is 1. The van der Waals surface area contributed by atoms with Gasteiger partial charge in [-0.2, -0.15) is 0 Å². The topological polar surface area (TPSA) is 54.0 Å². The number of carbonyl (C=O) groups is 1. The summed E-state index contributed by atoms with van der Waals surface area (Å²) in [6.45, 7) is 5.28. The highest BCUT2D eigenvalue weighted by Gasteiger charge is 2.04. The van der Waals surface area contributed by atoms with Crippen molar-refractivity contribution in [2.24, 2.45) is 0 Å². The number of nitrogens with zero attached hydrogens (tertiary/aromatic N) is 1. The van der Waals surface area contributed by atoms with Gasteiger partial charge in [-0.3, -0.25) is 4.79 Å². The largest absolute Gasteiger partial charge is 0.361 e. The molecule has 4 nitrogen and oxygen atoms in total. The summed E-state index contributed by atoms with van der Waals surface area (Å²) in [7, 11) is 0. The second kappa shape index (κ2) is 5.82. The summed E-state index contributed by atoms with van der Waals surface area (Å²) in [5.41, 5.74) is 2.24. The van der Waals surface area contributed by atoms with Crippen molar-refractivity contribution in [3.8, 4) is 0 Å². The predicted octanol–water partition coefficient (Wildman–Crippen LogP) is 2.54. The van der Waals surface area contributed by atoms with Crippen molar-refractivity contribution in [3.63, 3.8) is 0 Å². The smallest absolute Gasteiger partial charge is 0.221 e. The maximum atomic E-state index is 11.3. The van der Waals surface area contributed by atoms with Gasteiger partial charge >= 0.3 is 0 Å². The summed E-state index contributed by atoms with van der Waals surface area (Å²) < 4.78 is 1.18. The van der Waals surface area contributed by atoms with E-state index in [1.807, 2.05) is 13.0 Å². The number of carbonyl (C=O) groups excluding carboxylic acids is 1. The van der Waals surface area contributed by atoms with Crippen molar-refractivity contribution in [2.75, 3.05) is 18.4 Å². The van der Waals surface area contributed by atoms with Gasteiger partial charge in [0.05, 0.1) is 10.2 Å². The molecule has 0 aliphatic rings. The molecule has 0 unspecified atom stereocenters. The molecule has 0 aliphatic heterocycles. The number of fused-ring (bicyclic) bond motifs is 1. The number of amides is 1. The second-order valence-corrected chi connectivity index (χ2v) is 5.15. The number of hydrogen-bond acceptors (Lipinski definition) is 4. The van der Waals surface area contributed by atoms with Crippen LogP contribution in [0.15, 0.2) is 18.2 Å². The highest BCUT2D eigenvalue weighted by Crippen LogP contribution is 2.26. The molecular weight excluding hydrogens is 246 g/mol. The molecule has 2 aromatic rings. The molecule has 5 heteroatoms. The molecule has 18 heavy (non-hydrogen) atoms. The Hall–Kier alpha value is -1.62. The molecule has 1 heterocycles. The number of thiazole rings is 1. The maximum Gasteiger partial charge on any atom is 0.221 e. The quantitative estimate of drug-likeness (QED) is 0.871. The fraction of sp³-hybridized carbons (Fsp3) is 0.385. The van der Waals surface area contributed by atoms with Crippen molar-refractivity contribution in [2.45, 2.75) is 20.3 Å². The van der Waals surface area contributed by atoms with Crippen molar-refractivity contribution < 1.29 is 4.79 Å². The van der Waals surface area contributed by atoms with E-state index in [4.69, 9.17) is 0 Å². The minimum Gasteiger partial charge on any atom is -0.361 e. The standard InChI is InChI=1S/C13H17N3OS/c1-3-14-12(17)6-7-15-13-16-10-5-4-9(2)8-11(10)18-13/h4-5,8H,3,6-7H2,1-2H3,(H,14,17)(H,15,16). The molecule has 96 valence electrons. The SMILES string of the molecule is CCNC(=O)CCNc1nc2ccc(C)cc2s1. The Morgan fingerprint density at radius 1 is 1.44 bits per heavy atom. The summed E-state index contributed by atoms with van der Waals surface area (Å²) >= 11 is 1.62. The Morgan fingerprint density at radius 2 is 2.28 bits per heavy atom. The summed E-state index contributed by atoms with van der Waals surface area (Å²) in [5.74, 6) is 0.0713. The normalized spacial score (nSPS) is 10.6. The van der Waals surface area contributed by atoms with Gasteiger partial charge in [0.1, 0.15) is 0 Å². The van der Waals surface area contributed by atoms with Gasteiger partial charge in [0.2, 0.25) is 5.91 Å². The highest BCUT2D eigenvalue weighted by molar-refractivity contribution is 7.22. The number of benzene rings is 1. The number of anilines is 1. The number of rotatable bonds is 5. The van der Waals surface area contributed by atoms with Crippen molar-refractivity contribution in [1.82, 2.24) is 10.3 Å². The third-order valence-electron chi connectivity index (χ3n) is 2.55. The number of hydrogen-bond donors (Lipinski definition) is 2. The molecule has 1 amide bonds. The molecule has 1 aromatic carbocycles. The van der Waals surface area contributed by atoms with Gasteiger partial charge in [0.15, 0.2) is 5.13 Å². The Kier molecular flexibility index (Phi) is 4.15. The molecule has 0 spiro atoms. The van der Waals surface area contributed by atoms with E-state index in [0.717, 1.165) is 10.6 Å². The zero-order valence-electron chi connectivity index (χ0n) is 10.6. The average Bonchev–Trinajstić information content (AvgIpc) is 2.71. The first-order valence-electron chi connectivity index (χ1n) is 6.07. The van der Waals surface area contributed by atoms with Crippen LogP contribution in [0.2, 0.25) is 0 Å². The molecule has 0 aliphatic carbocycles. The number of aromatic nitrogens is 1. The van der Waals surface area contributed by atoms with Crippen LogP contribution < -0.4 is 10.6 Å². The summed E-state index contributed by atoms with van der Waals surface area (Å²) in [4.78, 5) is 15.8. The van der Waals surface area contributed by atoms with Gasteiger partial charge in [0, 0.05) is 19.5 Å². The Balaban J connectivity index is 1.94. The van der Waals surface area contributed by atoms with E-state index in [-0.39, 0.29) is 5.91 Å². The van der Waals surface area contributed by atoms with E-state index < -0.39 is 0 Å². The average molecular weight is 263 g/mol. The van der Waals surface area contributed by atoms with Crippen LogP contribution in [0, 0.1) is 6.92 Å². The van der Waals surface area contributed by atoms with Gasteiger partial charge < -0.3 is 10.6 Å². The highest BCUT2D eigenvalue weighted by atomic mass is 32.1. The lowest BCUT2D eigenvalue weighted by Gasteiger charge is -2.02. The molecular formula is C13H17N3OS. The van der Waals surface area contributed by atoms with E-state index >= 15 is 0 Å². The Morgan fingerprint density at radius 3 is 3.06 bits per heavy atom. The lowest BCUT2D eigenvalue weighted by atomic mass is 10.2. The molecule has 0 saturated carbocycles. The first kappa shape index (κ1) is 12.8. The van der Waals surface area contributed by atoms with Crippen LogP contribution in [-0.2, 0) is 4.79 Å². The van der Waals surface area contributed by atoms with Gasteiger partial charge in [-0.15, -0.1) is 0 Å². The zero-order valence-corrected chi connectivity index (χ0v) is 11.4. The summed E-state index contributed by atoms with van der Waals surface area (Å²) in [6, 6.07) is 6.21. The molecule has 0 saturated heterocycles. The first-order valence-corrected chi connectivity index (χ1v) is 6.88. The van der Waals surface area contributed by atoms with Crippen LogP contribution in [0.25, 0.3) is 10.2 Å². The van der Waals surface area contributed by atoms with E-state index in [1.165, 1.54) is 10.3 Å². The third-order valence-corrected chi connectivity index (χ3v) is 3.52. The fourth-order valence-electron chi connectivity index (χ4n) is 1.68. The molecule has 2 rings (SSSR count). The van der Waals surface area contributed by atoms with Crippen LogP contribution in [0.1, 0.15) is 18.9 Å². The van der Waals surface area contributed by atoms with Crippen molar-refractivity contribution >= 4 is 32.6 Å². The Labute approximate surface area is 110 Å². The zero-order chi connectivity index (χ0) is 13.0. The lowest BCUT2D eigenvalue weighted by Crippen LogP contribution is -2.24. The summed E-state index contributed by atoms with van der Waals surface area (Å²) in [6.07, 6.45) is 0.475. The molecule has 0 fully saturated rings. The van der Waals surface area contributed by atoms with Crippen molar-refractivity contribution in [1.29, 1.82) is 0 Å². The molecule has 2 N–H and O–H groups in total. The van der Waals surface area contributed by atoms with Crippen molar-refractivity contribution in [3.05, 3.63) is 23.8 Å². The fourth-order valence-corrected chi connectivity index (χ4v) is 2.67. The van der Waals surface area contributed by atoms with Crippen LogP contribution >= 0.6 is 11.3 Å². The van der Waals surface area contributed by atoms with Gasteiger partial charge in [-0.25, -0.2) is 4.98 Å². The molecule has 0 bridgehead atoms. The lowest BCUT2D eigenvalue weighted by molar-refractivity contribution is -0.120. The Bertz CT molecular complexity index is 550. The van der Waals surface area contributed by atoms with Crippen LogP contribution in [0.3, 0.4) is 0 Å². The number of nitrogens with one attached hydrogen (secondary N) is 2. The summed E-state index contributed by atoms with van der Waals surface area (Å²) in [5, 5.41) is 6.83. The van der Waals surface area contributed by atoms with E-state index in [2.05, 4.69) is 34.7 Å². The van der Waals surface area contributed by atoms with E-state index in [1.54, 1.807) is 11.3 Å². The van der Waals surface area contributed by atoms with Crippen LogP contribution in [0.4, 0.5) is 5.13 Å². The molecule has 0 atom stereocenters. The predicted molar refractivity (Wildman–Crippen MR) is 76.1 cm³/mol. The van der Waals surface area contributed by atoms with Gasteiger partial charge in [0.25, 0.3) is 0 Å². The minimum absolute atomic E-state index is 0.0713. The van der Waals surface area contributed by atoms with E-state index in [0.29, 0.717) is 19.5 Å². The molecule has 1 aromatic heterocycles. The molecule has 0 radical (unpaired) electrons. The van der Waals surface area contributed by atoms with E-state index in [9.17, 15) is 4.79 Å². The first-order chi connectivity index (χ1) is 8.69. The maximum absolute atomic E-state index is 11.3. The monoisotopic (exact) mass is 263 g/mol. The van der Waals surface area contributed by atoms with Gasteiger partial charge in [-0.1, -0.05) is 17.4 Å². The minimum atomic E-state index is 0.0713. The van der Waals surface area contributed by atoms with Crippen LogP contribution in [-0.4, -0.2) is 24.0 Å². The van der Waals surface area contributed by atoms with Gasteiger partial charge in [-0.05, 0) is 31.5 Å². The van der Waals surface area contributed by atoms with Crippen LogP contribution in [0.5, 0.6) is 0 Å². The second-order valence-electron chi connectivity index (χ2n) is 4.12.